The van der Waals surface area contributed by atoms with Crippen LogP contribution in [0.4, 0.5) is 0 Å². The van der Waals surface area contributed by atoms with Crippen LogP contribution >= 0.6 is 0 Å². The van der Waals surface area contributed by atoms with Gasteiger partial charge in [0, 0.05) is 24.0 Å². The van der Waals surface area contributed by atoms with E-state index < -0.39 is 0 Å². The lowest BCUT2D eigenvalue weighted by Crippen LogP contribution is -2.26. The van der Waals surface area contributed by atoms with Crippen molar-refractivity contribution in [2.45, 2.75) is 33.7 Å². The van der Waals surface area contributed by atoms with Crippen molar-refractivity contribution < 1.29 is 18.7 Å². The Bertz CT molecular complexity index is 1600. The maximum Gasteiger partial charge on any atom is 0.307 e. The number of amides is 1. The minimum atomic E-state index is -0.341. The maximum absolute atomic E-state index is 12.6. The summed E-state index contributed by atoms with van der Waals surface area (Å²) < 4.78 is 13.1. The minimum absolute atomic E-state index is 0.121. The van der Waals surface area contributed by atoms with Crippen molar-refractivity contribution >= 4 is 33.9 Å². The molecule has 3 aromatic carbocycles. The van der Waals surface area contributed by atoms with Gasteiger partial charge in [-0.15, -0.1) is 0 Å². The van der Waals surface area contributed by atoms with Crippen LogP contribution in [0.2, 0.25) is 0 Å². The topological polar surface area (TPSA) is 86.4 Å². The SMILES string of the molecule is CCOC(=O)CCNC(=O)c1oc2cc(-c3ccc(Cn4c(C)nc5ccccc54)cc3)ccc2c1C. The van der Waals surface area contributed by atoms with Gasteiger partial charge in [0.25, 0.3) is 5.91 Å². The smallest absolute Gasteiger partial charge is 0.307 e. The number of hydrogen-bond acceptors (Lipinski definition) is 5. The van der Waals surface area contributed by atoms with Crippen LogP contribution in [0.15, 0.2) is 71.1 Å². The summed E-state index contributed by atoms with van der Waals surface area (Å²) >= 11 is 0. The van der Waals surface area contributed by atoms with Gasteiger partial charge in [0.05, 0.1) is 24.1 Å². The van der Waals surface area contributed by atoms with Crippen LogP contribution in [0, 0.1) is 13.8 Å². The number of carbonyl (C=O) groups excluding carboxylic acids is 2. The number of furan rings is 1. The lowest BCUT2D eigenvalue weighted by molar-refractivity contribution is -0.142. The van der Waals surface area contributed by atoms with E-state index in [-0.39, 0.29) is 30.6 Å². The number of aromatic nitrogens is 2. The van der Waals surface area contributed by atoms with Crippen molar-refractivity contribution in [2.75, 3.05) is 13.2 Å². The average molecular weight is 496 g/mol. The van der Waals surface area contributed by atoms with Crippen molar-refractivity contribution in [3.05, 3.63) is 89.4 Å². The number of rotatable bonds is 8. The zero-order valence-electron chi connectivity index (χ0n) is 21.2. The molecule has 2 heterocycles. The van der Waals surface area contributed by atoms with Crippen LogP contribution in [-0.4, -0.2) is 34.6 Å². The number of fused-ring (bicyclic) bond motifs is 2. The van der Waals surface area contributed by atoms with E-state index in [1.165, 1.54) is 5.56 Å². The van der Waals surface area contributed by atoms with Crippen LogP contribution in [0.3, 0.4) is 0 Å². The van der Waals surface area contributed by atoms with E-state index in [9.17, 15) is 9.59 Å². The van der Waals surface area contributed by atoms with Gasteiger partial charge in [-0.2, -0.15) is 0 Å². The van der Waals surface area contributed by atoms with Crippen LogP contribution < -0.4 is 5.32 Å². The van der Waals surface area contributed by atoms with Gasteiger partial charge in [-0.3, -0.25) is 9.59 Å². The third kappa shape index (κ3) is 4.98. The van der Waals surface area contributed by atoms with Gasteiger partial charge < -0.3 is 19.0 Å². The van der Waals surface area contributed by atoms with E-state index >= 15 is 0 Å². The number of imidazole rings is 1. The standard InChI is InChI=1S/C30H29N3O4/c1-4-36-28(34)15-16-31-30(35)29-19(2)24-14-13-23(17-27(24)37-29)22-11-9-21(10-12-22)18-33-20(3)32-25-7-5-6-8-26(25)33/h5-14,17H,4,15-16,18H2,1-3H3,(H,31,35). The zero-order chi connectivity index (χ0) is 25.9. The molecule has 2 aromatic heterocycles. The molecule has 5 aromatic rings. The summed E-state index contributed by atoms with van der Waals surface area (Å²) in [5.74, 6) is 0.568. The van der Waals surface area contributed by atoms with Gasteiger partial charge in [-0.1, -0.05) is 48.5 Å². The molecular weight excluding hydrogens is 466 g/mol. The van der Waals surface area contributed by atoms with Gasteiger partial charge in [0.15, 0.2) is 5.76 Å². The van der Waals surface area contributed by atoms with Crippen molar-refractivity contribution in [1.29, 1.82) is 0 Å². The van der Waals surface area contributed by atoms with Crippen molar-refractivity contribution in [1.82, 2.24) is 14.9 Å². The Balaban J connectivity index is 1.32. The Kier molecular flexibility index (Phi) is 6.77. The number of esters is 1. The fourth-order valence-electron chi connectivity index (χ4n) is 4.59. The van der Waals surface area contributed by atoms with E-state index in [2.05, 4.69) is 45.2 Å². The molecule has 0 saturated heterocycles. The molecule has 0 aliphatic rings. The number of para-hydroxylation sites is 2. The summed E-state index contributed by atoms with van der Waals surface area (Å²) in [6.07, 6.45) is 0.121. The van der Waals surface area contributed by atoms with Gasteiger partial charge >= 0.3 is 5.97 Å². The van der Waals surface area contributed by atoms with Crippen LogP contribution in [-0.2, 0) is 16.1 Å². The molecule has 0 radical (unpaired) electrons. The number of nitrogens with one attached hydrogen (secondary N) is 1. The van der Waals surface area contributed by atoms with E-state index in [0.29, 0.717) is 12.2 Å². The number of nitrogens with zero attached hydrogens (tertiary/aromatic N) is 2. The highest BCUT2D eigenvalue weighted by Gasteiger charge is 2.18. The van der Waals surface area contributed by atoms with Crippen LogP contribution in [0.25, 0.3) is 33.1 Å². The highest BCUT2D eigenvalue weighted by molar-refractivity contribution is 5.99. The molecule has 0 fully saturated rings. The minimum Gasteiger partial charge on any atom is -0.466 e. The molecule has 0 bridgehead atoms. The lowest BCUT2D eigenvalue weighted by atomic mass is 10.0. The van der Waals surface area contributed by atoms with E-state index in [0.717, 1.165) is 45.5 Å². The highest BCUT2D eigenvalue weighted by atomic mass is 16.5. The zero-order valence-corrected chi connectivity index (χ0v) is 21.2. The number of hydrogen-bond donors (Lipinski definition) is 1. The van der Waals surface area contributed by atoms with Crippen LogP contribution in [0.1, 0.15) is 40.9 Å². The fraction of sp³-hybridized carbons (Fsp3) is 0.233. The first-order valence-electron chi connectivity index (χ1n) is 12.4. The number of benzene rings is 3. The summed E-state index contributed by atoms with van der Waals surface area (Å²) in [4.78, 5) is 28.8. The molecule has 0 unspecified atom stereocenters. The molecule has 0 aliphatic heterocycles. The van der Waals surface area contributed by atoms with Gasteiger partial charge in [-0.05, 0) is 55.7 Å². The molecule has 0 saturated carbocycles. The van der Waals surface area contributed by atoms with Crippen molar-refractivity contribution in [2.24, 2.45) is 0 Å². The Morgan fingerprint density at radius 2 is 1.76 bits per heavy atom. The number of aryl methyl sites for hydroxylation is 2. The molecular formula is C30H29N3O4. The molecule has 1 N–H and O–H groups in total. The van der Waals surface area contributed by atoms with Crippen molar-refractivity contribution in [3.8, 4) is 11.1 Å². The van der Waals surface area contributed by atoms with Gasteiger partial charge in [0.1, 0.15) is 11.4 Å². The molecule has 0 aliphatic carbocycles. The highest BCUT2D eigenvalue weighted by Crippen LogP contribution is 2.30. The Morgan fingerprint density at radius 3 is 2.54 bits per heavy atom. The molecule has 1 amide bonds. The second-order valence-electron chi connectivity index (χ2n) is 9.01. The molecule has 37 heavy (non-hydrogen) atoms. The third-order valence-electron chi connectivity index (χ3n) is 6.54. The van der Waals surface area contributed by atoms with E-state index in [4.69, 9.17) is 9.15 Å². The maximum atomic E-state index is 12.6. The molecule has 5 rings (SSSR count). The summed E-state index contributed by atoms with van der Waals surface area (Å²) in [6.45, 7) is 6.91. The molecule has 188 valence electrons. The lowest BCUT2D eigenvalue weighted by Gasteiger charge is -2.08. The summed E-state index contributed by atoms with van der Waals surface area (Å²) in [7, 11) is 0. The monoisotopic (exact) mass is 495 g/mol. The normalized spacial score (nSPS) is 11.2. The fourth-order valence-corrected chi connectivity index (χ4v) is 4.59. The Hall–Kier alpha value is -4.39. The molecule has 7 heteroatoms. The summed E-state index contributed by atoms with van der Waals surface area (Å²) in [6, 6.07) is 22.6. The summed E-state index contributed by atoms with van der Waals surface area (Å²) in [5.41, 5.74) is 6.81. The second kappa shape index (κ2) is 10.3. The van der Waals surface area contributed by atoms with Gasteiger partial charge in [-0.25, -0.2) is 4.98 Å². The predicted octanol–water partition coefficient (Wildman–Crippen LogP) is 5.80. The number of carbonyl (C=O) groups is 2. The van der Waals surface area contributed by atoms with Crippen molar-refractivity contribution in [3.63, 3.8) is 0 Å². The quantitative estimate of drug-likeness (QED) is 0.275. The van der Waals surface area contributed by atoms with E-state index in [1.807, 2.05) is 50.2 Å². The molecule has 0 spiro atoms. The number of ether oxygens (including phenoxy) is 1. The van der Waals surface area contributed by atoms with Gasteiger partial charge in [0.2, 0.25) is 0 Å². The first kappa shape index (κ1) is 24.3. The van der Waals surface area contributed by atoms with Crippen LogP contribution in [0.5, 0.6) is 0 Å². The van der Waals surface area contributed by atoms with E-state index in [1.54, 1.807) is 6.92 Å². The third-order valence-corrected chi connectivity index (χ3v) is 6.54. The first-order valence-corrected chi connectivity index (χ1v) is 12.4. The Labute approximate surface area is 215 Å². The summed E-state index contributed by atoms with van der Waals surface area (Å²) in [5, 5.41) is 3.62. The molecule has 0 atom stereocenters. The largest absolute Gasteiger partial charge is 0.466 e. The first-order chi connectivity index (χ1) is 17.9. The molecule has 7 nitrogen and oxygen atoms in total. The predicted molar refractivity (Wildman–Crippen MR) is 144 cm³/mol. The Morgan fingerprint density at radius 1 is 1.00 bits per heavy atom. The average Bonchev–Trinajstić information content (AvgIpc) is 3.40. The second-order valence-corrected chi connectivity index (χ2v) is 9.01.